The molecule has 1 unspecified atom stereocenters. The van der Waals surface area contributed by atoms with E-state index in [1.807, 2.05) is 37.3 Å². The van der Waals surface area contributed by atoms with Crippen molar-refractivity contribution in [3.8, 4) is 0 Å². The van der Waals surface area contributed by atoms with Crippen LogP contribution in [0, 0.1) is 0 Å². The molecule has 7 heteroatoms. The normalized spacial score (nSPS) is 11.9. The van der Waals surface area contributed by atoms with Crippen LogP contribution in [0.4, 0.5) is 10.8 Å². The number of carbonyl (C=O) groups is 1. The van der Waals surface area contributed by atoms with Gasteiger partial charge in [0, 0.05) is 11.7 Å². The molecule has 0 aliphatic heterocycles. The Bertz CT molecular complexity index is 588. The molecule has 118 valence electrons. The van der Waals surface area contributed by atoms with Crippen LogP contribution in [0.5, 0.6) is 0 Å². The Labute approximate surface area is 138 Å². The van der Waals surface area contributed by atoms with E-state index >= 15 is 0 Å². The first-order valence-corrected chi connectivity index (χ1v) is 9.05. The lowest BCUT2D eigenvalue weighted by molar-refractivity contribution is -0.119. The zero-order valence-electron chi connectivity index (χ0n) is 12.7. The van der Waals surface area contributed by atoms with E-state index in [0.29, 0.717) is 5.75 Å². The van der Waals surface area contributed by atoms with Crippen LogP contribution in [0.15, 0.2) is 34.7 Å². The number of rotatable bonds is 8. The third-order valence-corrected chi connectivity index (χ3v) is 4.86. The highest BCUT2D eigenvalue weighted by molar-refractivity contribution is 8.01. The van der Waals surface area contributed by atoms with Crippen molar-refractivity contribution < 1.29 is 4.79 Å². The summed E-state index contributed by atoms with van der Waals surface area (Å²) in [6.07, 6.45) is 2.07. The highest BCUT2D eigenvalue weighted by atomic mass is 32.2. The van der Waals surface area contributed by atoms with Crippen molar-refractivity contribution >= 4 is 39.8 Å². The fourth-order valence-corrected chi connectivity index (χ4v) is 3.50. The van der Waals surface area contributed by atoms with E-state index in [1.54, 1.807) is 0 Å². The molecule has 1 heterocycles. The number of aromatic nitrogens is 2. The number of amides is 1. The molecule has 0 spiro atoms. The molecule has 0 radical (unpaired) electrons. The maximum Gasteiger partial charge on any atom is 0.230 e. The summed E-state index contributed by atoms with van der Waals surface area (Å²) in [6, 6.07) is 10.0. The maximum atomic E-state index is 11.8. The third kappa shape index (κ3) is 5.65. The predicted molar refractivity (Wildman–Crippen MR) is 92.9 cm³/mol. The van der Waals surface area contributed by atoms with E-state index in [1.165, 1.54) is 23.1 Å². The molecule has 2 rings (SSSR count). The van der Waals surface area contributed by atoms with Crippen LogP contribution in [0.2, 0.25) is 0 Å². The van der Waals surface area contributed by atoms with Crippen LogP contribution < -0.4 is 10.6 Å². The van der Waals surface area contributed by atoms with Crippen molar-refractivity contribution in [2.24, 2.45) is 0 Å². The summed E-state index contributed by atoms with van der Waals surface area (Å²) in [4.78, 5) is 11.8. The molecule has 0 aliphatic carbocycles. The number of thioether (sulfide) groups is 1. The first-order valence-electron chi connectivity index (χ1n) is 7.25. The van der Waals surface area contributed by atoms with Crippen LogP contribution in [-0.2, 0) is 4.79 Å². The molecule has 0 aliphatic rings. The Kier molecular flexibility index (Phi) is 6.67. The molecule has 5 nitrogen and oxygen atoms in total. The van der Waals surface area contributed by atoms with E-state index in [2.05, 4.69) is 27.8 Å². The lowest BCUT2D eigenvalue weighted by Gasteiger charge is -2.11. The summed E-state index contributed by atoms with van der Waals surface area (Å²) in [6.45, 7) is 4.14. The highest BCUT2D eigenvalue weighted by Crippen LogP contribution is 2.27. The summed E-state index contributed by atoms with van der Waals surface area (Å²) in [5.41, 5.74) is 0.973. The second kappa shape index (κ2) is 8.75. The maximum absolute atomic E-state index is 11.8. The van der Waals surface area contributed by atoms with E-state index in [9.17, 15) is 4.79 Å². The van der Waals surface area contributed by atoms with E-state index in [4.69, 9.17) is 0 Å². The molecule has 2 aromatic rings. The molecule has 2 N–H and O–H groups in total. The van der Waals surface area contributed by atoms with Gasteiger partial charge in [0.15, 0.2) is 4.34 Å². The van der Waals surface area contributed by atoms with E-state index < -0.39 is 0 Å². The largest absolute Gasteiger partial charge is 0.353 e. The Morgan fingerprint density at radius 1 is 1.32 bits per heavy atom. The number of anilines is 2. The van der Waals surface area contributed by atoms with Crippen LogP contribution in [-0.4, -0.2) is 27.9 Å². The number of carbonyl (C=O) groups excluding carboxylic acids is 1. The second-order valence-corrected chi connectivity index (χ2v) is 7.11. The fourth-order valence-electron chi connectivity index (χ4n) is 1.91. The lowest BCUT2D eigenvalue weighted by atomic mass is 10.2. The van der Waals surface area contributed by atoms with Crippen molar-refractivity contribution in [3.05, 3.63) is 30.3 Å². The van der Waals surface area contributed by atoms with Gasteiger partial charge in [0.25, 0.3) is 0 Å². The number of nitrogens with one attached hydrogen (secondary N) is 2. The monoisotopic (exact) mass is 336 g/mol. The fraction of sp³-hybridized carbons (Fsp3) is 0.400. The topological polar surface area (TPSA) is 66.9 Å². The van der Waals surface area contributed by atoms with Gasteiger partial charge in [0.2, 0.25) is 11.0 Å². The molecule has 1 atom stereocenters. The minimum Gasteiger partial charge on any atom is -0.353 e. The van der Waals surface area contributed by atoms with Gasteiger partial charge in [-0.05, 0) is 25.5 Å². The summed E-state index contributed by atoms with van der Waals surface area (Å²) in [5, 5.41) is 15.1. The standard InChI is InChI=1S/C15H20N4OS2/c1-3-7-11(2)16-13(20)10-21-15-19-18-14(22-15)17-12-8-5-4-6-9-12/h4-6,8-9,11H,3,7,10H2,1-2H3,(H,16,20)(H,17,18). The van der Waals surface area contributed by atoms with Gasteiger partial charge < -0.3 is 10.6 Å². The molecule has 1 aromatic carbocycles. The highest BCUT2D eigenvalue weighted by Gasteiger charge is 2.10. The average molecular weight is 336 g/mol. The number of hydrogen-bond acceptors (Lipinski definition) is 6. The minimum absolute atomic E-state index is 0.0405. The molecule has 0 bridgehead atoms. The first kappa shape index (κ1) is 16.8. The Morgan fingerprint density at radius 2 is 2.09 bits per heavy atom. The van der Waals surface area contributed by atoms with Crippen LogP contribution in [0.3, 0.4) is 0 Å². The molecule has 0 fully saturated rings. The minimum atomic E-state index is 0.0405. The average Bonchev–Trinajstić information content (AvgIpc) is 2.94. The van der Waals surface area contributed by atoms with Crippen LogP contribution >= 0.6 is 23.1 Å². The van der Waals surface area contributed by atoms with Gasteiger partial charge in [0.05, 0.1) is 5.75 Å². The molecular weight excluding hydrogens is 316 g/mol. The van der Waals surface area contributed by atoms with Gasteiger partial charge >= 0.3 is 0 Å². The molecule has 1 aromatic heterocycles. The van der Waals surface area contributed by atoms with Gasteiger partial charge in [-0.1, -0.05) is 54.6 Å². The molecular formula is C15H20N4OS2. The third-order valence-electron chi connectivity index (χ3n) is 2.89. The van der Waals surface area contributed by atoms with Crippen LogP contribution in [0.1, 0.15) is 26.7 Å². The Hall–Kier alpha value is -1.60. The van der Waals surface area contributed by atoms with Crippen molar-refractivity contribution in [3.63, 3.8) is 0 Å². The number of nitrogens with zero attached hydrogens (tertiary/aromatic N) is 2. The van der Waals surface area contributed by atoms with Crippen molar-refractivity contribution in [1.29, 1.82) is 0 Å². The zero-order valence-corrected chi connectivity index (χ0v) is 14.3. The van der Waals surface area contributed by atoms with Crippen LogP contribution in [0.25, 0.3) is 0 Å². The number of para-hydroxylation sites is 1. The smallest absolute Gasteiger partial charge is 0.230 e. The first-order chi connectivity index (χ1) is 10.7. The molecule has 22 heavy (non-hydrogen) atoms. The second-order valence-electron chi connectivity index (χ2n) is 4.91. The summed E-state index contributed by atoms with van der Waals surface area (Å²) >= 11 is 2.86. The van der Waals surface area contributed by atoms with Gasteiger partial charge in [-0.15, -0.1) is 10.2 Å². The molecule has 0 saturated carbocycles. The van der Waals surface area contributed by atoms with Gasteiger partial charge in [-0.2, -0.15) is 0 Å². The van der Waals surface area contributed by atoms with Gasteiger partial charge in [-0.3, -0.25) is 4.79 Å². The van der Waals surface area contributed by atoms with Crippen molar-refractivity contribution in [2.45, 2.75) is 37.1 Å². The van der Waals surface area contributed by atoms with E-state index in [-0.39, 0.29) is 11.9 Å². The molecule has 1 amide bonds. The van der Waals surface area contributed by atoms with E-state index in [0.717, 1.165) is 28.0 Å². The number of hydrogen-bond donors (Lipinski definition) is 2. The van der Waals surface area contributed by atoms with Gasteiger partial charge in [0.1, 0.15) is 0 Å². The number of benzene rings is 1. The van der Waals surface area contributed by atoms with Gasteiger partial charge in [-0.25, -0.2) is 0 Å². The summed E-state index contributed by atoms with van der Waals surface area (Å²) < 4.78 is 0.789. The zero-order chi connectivity index (χ0) is 15.8. The lowest BCUT2D eigenvalue weighted by Crippen LogP contribution is -2.33. The Morgan fingerprint density at radius 3 is 2.82 bits per heavy atom. The molecule has 0 saturated heterocycles. The van der Waals surface area contributed by atoms with Crippen molar-refractivity contribution in [1.82, 2.24) is 15.5 Å². The summed E-state index contributed by atoms with van der Waals surface area (Å²) in [5.74, 6) is 0.410. The Balaban J connectivity index is 1.78. The SMILES string of the molecule is CCCC(C)NC(=O)CSc1nnc(Nc2ccccc2)s1. The van der Waals surface area contributed by atoms with Crippen molar-refractivity contribution in [2.75, 3.05) is 11.1 Å². The quantitative estimate of drug-likeness (QED) is 0.720. The summed E-state index contributed by atoms with van der Waals surface area (Å²) in [7, 11) is 0. The predicted octanol–water partition coefficient (Wildman–Crippen LogP) is 3.68.